The van der Waals surface area contributed by atoms with Crippen LogP contribution in [0.3, 0.4) is 0 Å². The van der Waals surface area contributed by atoms with E-state index in [1.54, 1.807) is 10.9 Å². The van der Waals surface area contributed by atoms with Gasteiger partial charge in [-0.3, -0.25) is 9.48 Å². The molecule has 4 rings (SSSR count). The second kappa shape index (κ2) is 9.29. The molecule has 5 heteroatoms. The van der Waals surface area contributed by atoms with Crippen LogP contribution in [0.25, 0.3) is 0 Å². The Morgan fingerprint density at radius 3 is 2.78 bits per heavy atom. The molecule has 0 saturated heterocycles. The zero-order chi connectivity index (χ0) is 22.9. The smallest absolute Gasteiger partial charge is 0.157 e. The van der Waals surface area contributed by atoms with Gasteiger partial charge in [-0.15, -0.1) is 0 Å². The van der Waals surface area contributed by atoms with Gasteiger partial charge in [0.15, 0.2) is 5.78 Å². The quantitative estimate of drug-likeness (QED) is 0.633. The number of aliphatic hydroxyl groups is 1. The Morgan fingerprint density at radius 2 is 2.03 bits per heavy atom. The molecule has 1 heterocycles. The van der Waals surface area contributed by atoms with Crippen LogP contribution in [0.5, 0.6) is 0 Å². The Labute approximate surface area is 193 Å². The molecule has 0 aromatic carbocycles. The Balaban J connectivity index is 1.47. The third-order valence-corrected chi connectivity index (χ3v) is 10.1. The number of Topliss-reactive ketones (excluding diaryl/α,β-unsaturated/α-hetero) is 1. The van der Waals surface area contributed by atoms with Crippen LogP contribution in [-0.4, -0.2) is 26.8 Å². The van der Waals surface area contributed by atoms with E-state index in [-0.39, 0.29) is 29.8 Å². The van der Waals surface area contributed by atoms with Crippen LogP contribution in [-0.2, 0) is 11.3 Å². The summed E-state index contributed by atoms with van der Waals surface area (Å²) in [5, 5.41) is 23.5. The number of fused-ring (bicyclic) bond motifs is 1. The fourth-order valence-corrected chi connectivity index (χ4v) is 7.64. The van der Waals surface area contributed by atoms with E-state index in [0.29, 0.717) is 28.7 Å². The van der Waals surface area contributed by atoms with Crippen LogP contribution < -0.4 is 0 Å². The number of carbonyl (C=O) groups is 1. The molecule has 3 aliphatic carbocycles. The van der Waals surface area contributed by atoms with Crippen LogP contribution in [0.4, 0.5) is 0 Å². The maximum atomic E-state index is 13.4. The van der Waals surface area contributed by atoms with Gasteiger partial charge in [0.2, 0.25) is 0 Å². The minimum atomic E-state index is -0.103. The van der Waals surface area contributed by atoms with Gasteiger partial charge in [0, 0.05) is 12.1 Å². The SMILES string of the molecule is C[C@@H]1CCC[C@H](C(=O)Cn2cc(C#N)cn2)[C@@]1(C)CC[C@H]1CCC[C@H]2C[C@H](O)CC[C@]12C. The third-order valence-electron chi connectivity index (χ3n) is 10.1. The summed E-state index contributed by atoms with van der Waals surface area (Å²) < 4.78 is 1.64. The zero-order valence-corrected chi connectivity index (χ0v) is 20.2. The lowest BCUT2D eigenvalue weighted by molar-refractivity contribution is -0.132. The first-order valence-electron chi connectivity index (χ1n) is 12.9. The van der Waals surface area contributed by atoms with Crippen LogP contribution in [0.2, 0.25) is 0 Å². The van der Waals surface area contributed by atoms with E-state index in [1.807, 2.05) is 0 Å². The highest BCUT2D eigenvalue weighted by Crippen LogP contribution is 2.57. The third kappa shape index (κ3) is 4.40. The van der Waals surface area contributed by atoms with Gasteiger partial charge < -0.3 is 5.11 Å². The number of aromatic nitrogens is 2. The lowest BCUT2D eigenvalue weighted by Gasteiger charge is -2.53. The molecule has 0 aliphatic heterocycles. The minimum Gasteiger partial charge on any atom is -0.393 e. The molecule has 7 atom stereocenters. The van der Waals surface area contributed by atoms with Gasteiger partial charge in [-0.05, 0) is 80.0 Å². The molecule has 1 aromatic rings. The van der Waals surface area contributed by atoms with E-state index in [4.69, 9.17) is 5.26 Å². The lowest BCUT2D eigenvalue weighted by atomic mass is 9.52. The second-order valence-corrected chi connectivity index (χ2v) is 11.7. The Morgan fingerprint density at radius 1 is 1.25 bits per heavy atom. The van der Waals surface area contributed by atoms with E-state index in [0.717, 1.165) is 38.5 Å². The Kier molecular flexibility index (Phi) is 6.82. The number of aliphatic hydroxyl groups excluding tert-OH is 1. The molecule has 3 fully saturated rings. The fourth-order valence-electron chi connectivity index (χ4n) is 7.64. The number of carbonyl (C=O) groups excluding carboxylic acids is 1. The zero-order valence-electron chi connectivity index (χ0n) is 20.2. The van der Waals surface area contributed by atoms with Gasteiger partial charge in [-0.25, -0.2) is 0 Å². The van der Waals surface area contributed by atoms with Crippen molar-refractivity contribution < 1.29 is 9.90 Å². The van der Waals surface area contributed by atoms with Gasteiger partial charge in [0.05, 0.1) is 24.4 Å². The van der Waals surface area contributed by atoms with Crippen molar-refractivity contribution in [3.8, 4) is 6.07 Å². The monoisotopic (exact) mass is 439 g/mol. The molecule has 3 saturated carbocycles. The van der Waals surface area contributed by atoms with Crippen LogP contribution >= 0.6 is 0 Å². The van der Waals surface area contributed by atoms with Crippen molar-refractivity contribution in [1.82, 2.24) is 9.78 Å². The molecule has 0 bridgehead atoms. The first-order valence-corrected chi connectivity index (χ1v) is 12.9. The summed E-state index contributed by atoms with van der Waals surface area (Å²) in [4.78, 5) is 13.4. The molecule has 3 aliphatic rings. The molecule has 0 radical (unpaired) electrons. The van der Waals surface area contributed by atoms with Crippen molar-refractivity contribution >= 4 is 5.78 Å². The van der Waals surface area contributed by atoms with Crippen LogP contribution in [0.15, 0.2) is 12.4 Å². The standard InChI is InChI=1S/C27H41N3O2/c1-19-6-4-9-24(25(32)18-30-17-20(15-28)16-29-30)26(19,2)12-10-21-7-5-8-22-14-23(31)11-13-27(21,22)3/h16-17,19,21-24,31H,4-14,18H2,1-3H3/t19-,21-,22+,23-,24-,26+,27-/m1/s1. The number of hydrogen-bond donors (Lipinski definition) is 1. The summed E-state index contributed by atoms with van der Waals surface area (Å²) in [7, 11) is 0. The van der Waals surface area contributed by atoms with E-state index in [1.165, 1.54) is 38.3 Å². The molecule has 0 amide bonds. The van der Waals surface area contributed by atoms with E-state index >= 15 is 0 Å². The van der Waals surface area contributed by atoms with E-state index in [9.17, 15) is 9.90 Å². The van der Waals surface area contributed by atoms with Crippen molar-refractivity contribution in [2.75, 3.05) is 0 Å². The van der Waals surface area contributed by atoms with Gasteiger partial charge in [-0.1, -0.05) is 40.0 Å². The predicted octanol–water partition coefficient (Wildman–Crippen LogP) is 5.51. The Bertz CT molecular complexity index is 857. The van der Waals surface area contributed by atoms with Gasteiger partial charge in [0.1, 0.15) is 6.07 Å². The highest BCUT2D eigenvalue weighted by molar-refractivity contribution is 5.81. The summed E-state index contributed by atoms with van der Waals surface area (Å²) in [6.45, 7) is 7.49. The summed E-state index contributed by atoms with van der Waals surface area (Å²) in [6.07, 6.45) is 15.7. The van der Waals surface area contributed by atoms with Crippen LogP contribution in [0.1, 0.15) is 97.0 Å². The number of nitriles is 1. The summed E-state index contributed by atoms with van der Waals surface area (Å²) >= 11 is 0. The molecular weight excluding hydrogens is 398 g/mol. The molecule has 5 nitrogen and oxygen atoms in total. The maximum Gasteiger partial charge on any atom is 0.157 e. The van der Waals surface area contributed by atoms with Crippen molar-refractivity contribution in [3.05, 3.63) is 18.0 Å². The number of ketones is 1. The summed E-state index contributed by atoms with van der Waals surface area (Å²) in [5.41, 5.74) is 0.890. The predicted molar refractivity (Wildman–Crippen MR) is 125 cm³/mol. The number of rotatable bonds is 6. The van der Waals surface area contributed by atoms with Crippen molar-refractivity contribution in [3.63, 3.8) is 0 Å². The fraction of sp³-hybridized carbons (Fsp3) is 0.815. The topological polar surface area (TPSA) is 78.9 Å². The number of nitrogens with zero attached hydrogens (tertiary/aromatic N) is 3. The van der Waals surface area contributed by atoms with Gasteiger partial charge >= 0.3 is 0 Å². The molecule has 1 aromatic heterocycles. The molecule has 32 heavy (non-hydrogen) atoms. The average Bonchev–Trinajstić information content (AvgIpc) is 3.22. The summed E-state index contributed by atoms with van der Waals surface area (Å²) in [5.74, 6) is 2.26. The molecule has 176 valence electrons. The average molecular weight is 440 g/mol. The van der Waals surface area contributed by atoms with E-state index in [2.05, 4.69) is 31.9 Å². The maximum absolute atomic E-state index is 13.4. The lowest BCUT2D eigenvalue weighted by Crippen LogP contribution is -2.46. The molecular formula is C27H41N3O2. The van der Waals surface area contributed by atoms with Gasteiger partial charge in [-0.2, -0.15) is 10.4 Å². The highest BCUT2D eigenvalue weighted by atomic mass is 16.3. The highest BCUT2D eigenvalue weighted by Gasteiger charge is 2.49. The molecule has 0 unspecified atom stereocenters. The minimum absolute atomic E-state index is 0.0258. The van der Waals surface area contributed by atoms with Gasteiger partial charge in [0.25, 0.3) is 0 Å². The first kappa shape index (κ1) is 23.5. The van der Waals surface area contributed by atoms with Crippen molar-refractivity contribution in [2.24, 2.45) is 34.5 Å². The molecule has 1 N–H and O–H groups in total. The Hall–Kier alpha value is -1.67. The number of hydrogen-bond acceptors (Lipinski definition) is 4. The molecule has 0 spiro atoms. The van der Waals surface area contributed by atoms with E-state index < -0.39 is 0 Å². The van der Waals surface area contributed by atoms with Crippen molar-refractivity contribution in [2.45, 2.75) is 104 Å². The first-order chi connectivity index (χ1) is 15.3. The second-order valence-electron chi connectivity index (χ2n) is 11.7. The summed E-state index contributed by atoms with van der Waals surface area (Å²) in [6, 6.07) is 2.10. The normalized spacial score (nSPS) is 39.8. The largest absolute Gasteiger partial charge is 0.393 e. The van der Waals surface area contributed by atoms with Crippen LogP contribution in [0, 0.1) is 45.8 Å². The van der Waals surface area contributed by atoms with Crippen molar-refractivity contribution in [1.29, 1.82) is 5.26 Å².